The van der Waals surface area contributed by atoms with Crippen molar-refractivity contribution in [2.24, 2.45) is 5.73 Å². The Morgan fingerprint density at radius 1 is 1.18 bits per heavy atom. The van der Waals surface area contributed by atoms with Gasteiger partial charge in [-0.05, 0) is 30.2 Å². The molecule has 4 rings (SSSR count). The molecule has 2 aliphatic heterocycles. The van der Waals surface area contributed by atoms with Crippen molar-refractivity contribution in [3.05, 3.63) is 64.5 Å². The number of hydrogen-bond donors (Lipinski definition) is 4. The zero-order valence-corrected chi connectivity index (χ0v) is 25.2. The van der Waals surface area contributed by atoms with Gasteiger partial charge in [-0.15, -0.1) is 35.3 Å². The summed E-state index contributed by atoms with van der Waals surface area (Å²) in [7, 11) is 0. The Kier molecular flexibility index (Phi) is 10.6. The van der Waals surface area contributed by atoms with E-state index >= 15 is 0 Å². The third-order valence-corrected chi connectivity index (χ3v) is 10.2. The molecule has 0 radical (unpaired) electrons. The molecule has 2 amide bonds. The number of hydrogen-bond acceptors (Lipinski definition) is 8. The van der Waals surface area contributed by atoms with Gasteiger partial charge in [0.15, 0.2) is 12.4 Å². The van der Waals surface area contributed by atoms with Crippen LogP contribution in [0.1, 0.15) is 12.8 Å². The number of rotatable bonds is 13. The molecule has 0 bridgehead atoms. The van der Waals surface area contributed by atoms with Crippen LogP contribution >= 0.6 is 51.2 Å². The topological polar surface area (TPSA) is 154 Å². The summed E-state index contributed by atoms with van der Waals surface area (Å²) in [5, 5.41) is 21.1. The second-order valence-electron chi connectivity index (χ2n) is 9.11. The Balaban J connectivity index is 1.30. The minimum Gasteiger partial charge on any atom is -0.480 e. The Morgan fingerprint density at radius 3 is 2.60 bits per heavy atom. The van der Waals surface area contributed by atoms with Crippen LogP contribution in [0, 0.1) is 0 Å². The Hall–Kier alpha value is -2.52. The highest BCUT2D eigenvalue weighted by molar-refractivity contribution is 9.10. The van der Waals surface area contributed by atoms with Gasteiger partial charge >= 0.3 is 11.9 Å². The number of amides is 2. The molecule has 14 heteroatoms. The van der Waals surface area contributed by atoms with Gasteiger partial charge in [-0.1, -0.05) is 22.0 Å². The lowest BCUT2D eigenvalue weighted by atomic mass is 10.0. The molecule has 10 nitrogen and oxygen atoms in total. The van der Waals surface area contributed by atoms with E-state index in [2.05, 4.69) is 21.2 Å². The monoisotopic (exact) mass is 667 g/mol. The number of carboxylic acids is 2. The highest BCUT2D eigenvalue weighted by atomic mass is 79.9. The number of benzene rings is 1. The Labute approximate surface area is 252 Å². The summed E-state index contributed by atoms with van der Waals surface area (Å²) in [5.74, 6) is -1.87. The fourth-order valence-electron chi connectivity index (χ4n) is 4.19. The third-order valence-electron chi connectivity index (χ3n) is 6.25. The Bertz CT molecular complexity index is 1330. The van der Waals surface area contributed by atoms with Gasteiger partial charge in [0.2, 0.25) is 5.91 Å². The molecule has 2 aliphatic rings. The van der Waals surface area contributed by atoms with Crippen LogP contribution in [0.25, 0.3) is 0 Å². The molecule has 0 unspecified atom stereocenters. The van der Waals surface area contributed by atoms with Crippen molar-refractivity contribution in [3.63, 3.8) is 0 Å². The van der Waals surface area contributed by atoms with Crippen molar-refractivity contribution in [2.75, 3.05) is 17.3 Å². The summed E-state index contributed by atoms with van der Waals surface area (Å²) in [6, 6.07) is 9.78. The molecule has 5 N–H and O–H groups in total. The SMILES string of the molecule is N[C@@H](CCC[n+]1ccc(SCC2=C(C(=O)O)N3C(=O)[C@H](NC(=O)CSc4cccc(Br)c4)[C@H]3SC2)cc1)C(=O)O. The lowest BCUT2D eigenvalue weighted by Gasteiger charge is -2.49. The van der Waals surface area contributed by atoms with Gasteiger partial charge in [0.25, 0.3) is 5.91 Å². The number of nitrogens with two attached hydrogens (primary N) is 1. The van der Waals surface area contributed by atoms with Crippen molar-refractivity contribution in [2.45, 2.75) is 46.6 Å². The van der Waals surface area contributed by atoms with E-state index < -0.39 is 35.3 Å². The van der Waals surface area contributed by atoms with Gasteiger partial charge in [-0.25, -0.2) is 9.36 Å². The quantitative estimate of drug-likeness (QED) is 0.142. The van der Waals surface area contributed by atoms with Crippen molar-refractivity contribution >= 4 is 75.0 Å². The predicted octanol–water partition coefficient (Wildman–Crippen LogP) is 2.55. The first-order valence-corrected chi connectivity index (χ1v) is 16.1. The van der Waals surface area contributed by atoms with E-state index in [0.29, 0.717) is 36.5 Å². The van der Waals surface area contributed by atoms with Gasteiger partial charge in [-0.3, -0.25) is 19.3 Å². The summed E-state index contributed by atoms with van der Waals surface area (Å²) in [4.78, 5) is 51.6. The van der Waals surface area contributed by atoms with E-state index in [1.165, 1.54) is 40.2 Å². The number of aryl methyl sites for hydroxylation is 1. The van der Waals surface area contributed by atoms with E-state index in [-0.39, 0.29) is 17.4 Å². The highest BCUT2D eigenvalue weighted by Gasteiger charge is 2.54. The highest BCUT2D eigenvalue weighted by Crippen LogP contribution is 2.41. The van der Waals surface area contributed by atoms with Crippen LogP contribution < -0.4 is 15.6 Å². The normalized spacial score (nSPS) is 19.1. The predicted molar refractivity (Wildman–Crippen MR) is 157 cm³/mol. The zero-order chi connectivity index (χ0) is 28.8. The molecule has 1 fully saturated rings. The maximum atomic E-state index is 12.9. The molecule has 1 aromatic carbocycles. The average molecular weight is 669 g/mol. The zero-order valence-electron chi connectivity index (χ0n) is 21.2. The van der Waals surface area contributed by atoms with Gasteiger partial charge < -0.3 is 21.3 Å². The van der Waals surface area contributed by atoms with E-state index in [1.54, 1.807) is 0 Å². The van der Waals surface area contributed by atoms with Crippen molar-refractivity contribution in [1.29, 1.82) is 0 Å². The van der Waals surface area contributed by atoms with Crippen molar-refractivity contribution in [1.82, 2.24) is 10.2 Å². The van der Waals surface area contributed by atoms with E-state index in [0.717, 1.165) is 14.3 Å². The van der Waals surface area contributed by atoms with Gasteiger partial charge in [0.1, 0.15) is 29.7 Å². The minimum atomic E-state index is -1.16. The van der Waals surface area contributed by atoms with Crippen LogP contribution in [-0.4, -0.2) is 73.6 Å². The number of nitrogens with zero attached hydrogens (tertiary/aromatic N) is 2. The number of aliphatic carboxylic acids is 2. The molecule has 3 heterocycles. The number of aromatic nitrogens is 1. The second-order valence-corrected chi connectivity index (χ2v) is 13.2. The first-order valence-electron chi connectivity index (χ1n) is 12.3. The number of carbonyl (C=O) groups is 4. The maximum absolute atomic E-state index is 12.9. The second kappa shape index (κ2) is 13.9. The summed E-state index contributed by atoms with van der Waals surface area (Å²) in [6.07, 6.45) is 4.78. The number of pyridine rings is 1. The number of halogens is 1. The molecule has 0 aliphatic carbocycles. The third kappa shape index (κ3) is 7.60. The van der Waals surface area contributed by atoms with Crippen LogP contribution in [0.2, 0.25) is 0 Å². The number of thioether (sulfide) groups is 3. The van der Waals surface area contributed by atoms with Crippen LogP contribution in [0.15, 0.2) is 74.3 Å². The maximum Gasteiger partial charge on any atom is 0.352 e. The fourth-order valence-corrected chi connectivity index (χ4v) is 7.88. The van der Waals surface area contributed by atoms with Crippen molar-refractivity contribution < 1.29 is 34.0 Å². The van der Waals surface area contributed by atoms with Crippen LogP contribution in [0.3, 0.4) is 0 Å². The van der Waals surface area contributed by atoms with Crippen molar-refractivity contribution in [3.8, 4) is 0 Å². The number of carboxylic acid groups (broad SMARTS) is 2. The molecule has 1 saturated heterocycles. The van der Waals surface area contributed by atoms with E-state index in [1.807, 2.05) is 53.4 Å². The molecule has 0 spiro atoms. The number of fused-ring (bicyclic) bond motifs is 1. The summed E-state index contributed by atoms with van der Waals surface area (Å²) in [6.45, 7) is 0.635. The van der Waals surface area contributed by atoms with Crippen LogP contribution in [0.4, 0.5) is 0 Å². The summed E-state index contributed by atoms with van der Waals surface area (Å²) >= 11 is 7.69. The van der Waals surface area contributed by atoms with Crippen LogP contribution in [0.5, 0.6) is 0 Å². The van der Waals surface area contributed by atoms with Crippen LogP contribution in [-0.2, 0) is 25.7 Å². The first-order chi connectivity index (χ1) is 19.1. The van der Waals surface area contributed by atoms with E-state index in [4.69, 9.17) is 10.8 Å². The van der Waals surface area contributed by atoms with Gasteiger partial charge in [-0.2, -0.15) is 0 Å². The minimum absolute atomic E-state index is 0.00368. The fraction of sp³-hybridized carbons (Fsp3) is 0.346. The number of β-lactam (4-membered cyclic amide) rings is 1. The molecular formula is C26H28BrN4O6S3+. The molecule has 0 saturated carbocycles. The lowest BCUT2D eigenvalue weighted by Crippen LogP contribution is -2.70. The summed E-state index contributed by atoms with van der Waals surface area (Å²) in [5.41, 5.74) is 6.19. The lowest BCUT2D eigenvalue weighted by molar-refractivity contribution is -0.697. The molecule has 40 heavy (non-hydrogen) atoms. The average Bonchev–Trinajstić information content (AvgIpc) is 2.93. The molecule has 1 aromatic heterocycles. The molecule has 2 aromatic rings. The smallest absolute Gasteiger partial charge is 0.352 e. The molecule has 212 valence electrons. The van der Waals surface area contributed by atoms with E-state index in [9.17, 15) is 24.3 Å². The van der Waals surface area contributed by atoms with Gasteiger partial charge in [0.05, 0.1) is 5.75 Å². The largest absolute Gasteiger partial charge is 0.480 e. The number of carbonyl (C=O) groups excluding carboxylic acids is 2. The number of nitrogens with one attached hydrogen (secondary N) is 1. The molecule has 3 atom stereocenters. The Morgan fingerprint density at radius 2 is 1.93 bits per heavy atom. The van der Waals surface area contributed by atoms with Gasteiger partial charge in [0, 0.05) is 44.3 Å². The molecular weight excluding hydrogens is 640 g/mol. The standard InChI is InChI=1S/C26H27BrN4O6S3/c27-16-3-1-4-18(11-16)39-14-20(32)29-21-23(33)31-22(26(36)37)15(13-40-24(21)31)12-38-17-6-9-30(10-7-17)8-2-5-19(28)25(34)35/h1,3-4,6-7,9-11,19,21,24H,2,5,8,12-14,28H2,(H2-,29,32,34,35,36,37)/p+1/t19-,21-,24+/m0/s1. The summed E-state index contributed by atoms with van der Waals surface area (Å²) < 4.78 is 2.85. The first kappa shape index (κ1) is 30.4.